The number of amides is 2. The van der Waals surface area contributed by atoms with Gasteiger partial charge < -0.3 is 15.4 Å². The average Bonchev–Trinajstić information content (AvgIpc) is 2.77. The molecule has 0 atom stereocenters. The smallest absolute Gasteiger partial charge is 0.267 e. The summed E-state index contributed by atoms with van der Waals surface area (Å²) in [6.07, 6.45) is 2.24. The van der Waals surface area contributed by atoms with Crippen molar-refractivity contribution in [2.75, 3.05) is 25.6 Å². The highest BCUT2D eigenvalue weighted by molar-refractivity contribution is 6.34. The van der Waals surface area contributed by atoms with Crippen LogP contribution in [0.25, 0.3) is 5.69 Å². The second kappa shape index (κ2) is 10.6. The molecule has 1 heterocycles. The Balaban J connectivity index is 1.74. The first-order valence-corrected chi connectivity index (χ1v) is 10.0. The molecule has 0 fully saturated rings. The van der Waals surface area contributed by atoms with Gasteiger partial charge in [-0.2, -0.15) is 0 Å². The molecule has 0 bridgehead atoms. The number of carbonyl (C=O) groups excluding carboxylic acids is 2. The summed E-state index contributed by atoms with van der Waals surface area (Å²) < 4.78 is 6.32. The lowest BCUT2D eigenvalue weighted by atomic mass is 10.2. The lowest BCUT2D eigenvalue weighted by Crippen LogP contribution is -2.33. The van der Waals surface area contributed by atoms with E-state index in [1.54, 1.807) is 67.9 Å². The van der Waals surface area contributed by atoms with Crippen LogP contribution in [-0.4, -0.2) is 36.6 Å². The van der Waals surface area contributed by atoms with Crippen molar-refractivity contribution in [3.05, 3.63) is 93.4 Å². The van der Waals surface area contributed by atoms with Crippen molar-refractivity contribution < 1.29 is 14.3 Å². The molecular formula is C23H22ClN3O4. The summed E-state index contributed by atoms with van der Waals surface area (Å²) >= 11 is 6.06. The maximum Gasteiger partial charge on any atom is 0.267 e. The molecule has 0 saturated heterocycles. The Hall–Kier alpha value is -3.42. The fourth-order valence-electron chi connectivity index (χ4n) is 2.93. The summed E-state index contributed by atoms with van der Waals surface area (Å²) in [6.45, 7) is 0.944. The molecule has 0 aliphatic carbocycles. The molecular weight excluding hydrogens is 418 g/mol. The van der Waals surface area contributed by atoms with Gasteiger partial charge in [0.05, 0.1) is 10.6 Å². The molecule has 1 aromatic heterocycles. The van der Waals surface area contributed by atoms with Crippen LogP contribution in [0.5, 0.6) is 0 Å². The third kappa shape index (κ3) is 5.59. The Morgan fingerprint density at radius 3 is 2.39 bits per heavy atom. The number of anilines is 1. The number of methoxy groups -OCH3 is 1. The number of ether oxygens (including phenoxy) is 1. The predicted molar refractivity (Wildman–Crippen MR) is 120 cm³/mol. The predicted octanol–water partition coefficient (Wildman–Crippen LogP) is 3.51. The van der Waals surface area contributed by atoms with E-state index in [9.17, 15) is 14.4 Å². The lowest BCUT2D eigenvalue weighted by molar-refractivity contribution is 0.0946. The molecule has 8 heteroatoms. The summed E-state index contributed by atoms with van der Waals surface area (Å²) in [5.41, 5.74) is 1.10. The molecule has 3 rings (SSSR count). The number of hydrogen-bond acceptors (Lipinski definition) is 4. The molecule has 2 N–H and O–H groups in total. The third-order valence-electron chi connectivity index (χ3n) is 4.52. The Morgan fingerprint density at radius 2 is 1.68 bits per heavy atom. The van der Waals surface area contributed by atoms with Gasteiger partial charge in [0.15, 0.2) is 0 Å². The number of halogens is 1. The van der Waals surface area contributed by atoms with Crippen LogP contribution in [0, 0.1) is 0 Å². The van der Waals surface area contributed by atoms with Crippen LogP contribution in [0.15, 0.2) is 71.7 Å². The van der Waals surface area contributed by atoms with E-state index < -0.39 is 11.5 Å². The third-order valence-corrected chi connectivity index (χ3v) is 4.85. The fourth-order valence-corrected chi connectivity index (χ4v) is 3.15. The van der Waals surface area contributed by atoms with Crippen molar-refractivity contribution in [1.82, 2.24) is 9.88 Å². The standard InChI is InChI=1S/C23H22ClN3O4/c1-31-15-5-13-25-21(28)19-7-4-14-27(23(19)30)17-11-9-16(10-12-17)26-22(29)18-6-2-3-8-20(18)24/h2-4,6-12,14H,5,13,15H2,1H3,(H,25,28)(H,26,29). The van der Waals surface area contributed by atoms with Crippen molar-refractivity contribution in [2.45, 2.75) is 6.42 Å². The maximum absolute atomic E-state index is 12.8. The lowest BCUT2D eigenvalue weighted by Gasteiger charge is -2.10. The molecule has 0 radical (unpaired) electrons. The number of pyridine rings is 1. The normalized spacial score (nSPS) is 10.5. The number of hydrogen-bond donors (Lipinski definition) is 2. The van der Waals surface area contributed by atoms with Crippen molar-refractivity contribution in [2.24, 2.45) is 0 Å². The average molecular weight is 440 g/mol. The van der Waals surface area contributed by atoms with Gasteiger partial charge in [0, 0.05) is 37.8 Å². The molecule has 0 aliphatic heterocycles. The Labute approximate surface area is 184 Å². The van der Waals surface area contributed by atoms with Gasteiger partial charge in [0.2, 0.25) is 0 Å². The van der Waals surface area contributed by atoms with Crippen molar-refractivity contribution in [3.8, 4) is 5.69 Å². The van der Waals surface area contributed by atoms with Gasteiger partial charge in [-0.3, -0.25) is 19.0 Å². The van der Waals surface area contributed by atoms with Gasteiger partial charge in [0.25, 0.3) is 17.4 Å². The van der Waals surface area contributed by atoms with Gasteiger partial charge in [-0.25, -0.2) is 0 Å². The zero-order valence-corrected chi connectivity index (χ0v) is 17.7. The van der Waals surface area contributed by atoms with E-state index in [4.69, 9.17) is 16.3 Å². The summed E-state index contributed by atoms with van der Waals surface area (Å²) in [5.74, 6) is -0.762. The minimum atomic E-state index is -0.431. The molecule has 0 unspecified atom stereocenters. The zero-order valence-electron chi connectivity index (χ0n) is 16.9. The highest BCUT2D eigenvalue weighted by Crippen LogP contribution is 2.18. The number of rotatable bonds is 8. The van der Waals surface area contributed by atoms with Gasteiger partial charge in [-0.05, 0) is 55.0 Å². The number of nitrogens with zero attached hydrogens (tertiary/aromatic N) is 1. The number of benzene rings is 2. The number of aromatic nitrogens is 1. The minimum absolute atomic E-state index is 0.0519. The monoisotopic (exact) mass is 439 g/mol. The Bertz CT molecular complexity index is 1130. The largest absolute Gasteiger partial charge is 0.385 e. The summed E-state index contributed by atoms with van der Waals surface area (Å²) in [6, 6.07) is 16.6. The van der Waals surface area contributed by atoms with E-state index in [1.165, 1.54) is 10.6 Å². The molecule has 3 aromatic rings. The SMILES string of the molecule is COCCCNC(=O)c1cccn(-c2ccc(NC(=O)c3ccccc3Cl)cc2)c1=O. The molecule has 2 aromatic carbocycles. The van der Waals surface area contributed by atoms with E-state index in [0.717, 1.165) is 0 Å². The first-order chi connectivity index (χ1) is 15.0. The van der Waals surface area contributed by atoms with Crippen LogP contribution < -0.4 is 16.2 Å². The molecule has 0 spiro atoms. The van der Waals surface area contributed by atoms with E-state index in [-0.39, 0.29) is 11.5 Å². The summed E-state index contributed by atoms with van der Waals surface area (Å²) in [5, 5.41) is 5.85. The first-order valence-electron chi connectivity index (χ1n) is 9.66. The van der Waals surface area contributed by atoms with Crippen LogP contribution in [0.2, 0.25) is 5.02 Å². The molecule has 31 heavy (non-hydrogen) atoms. The minimum Gasteiger partial charge on any atom is -0.385 e. The first kappa shape index (κ1) is 22.3. The zero-order chi connectivity index (χ0) is 22.2. The van der Waals surface area contributed by atoms with Crippen LogP contribution >= 0.6 is 11.6 Å². The number of nitrogens with one attached hydrogen (secondary N) is 2. The van der Waals surface area contributed by atoms with Gasteiger partial charge in [-0.15, -0.1) is 0 Å². The van der Waals surface area contributed by atoms with E-state index in [1.807, 2.05) is 0 Å². The van der Waals surface area contributed by atoms with Crippen LogP contribution in [0.3, 0.4) is 0 Å². The second-order valence-corrected chi connectivity index (χ2v) is 7.09. The van der Waals surface area contributed by atoms with E-state index in [2.05, 4.69) is 10.6 Å². The molecule has 7 nitrogen and oxygen atoms in total. The van der Waals surface area contributed by atoms with Gasteiger partial charge >= 0.3 is 0 Å². The van der Waals surface area contributed by atoms with E-state index in [0.29, 0.717) is 41.5 Å². The van der Waals surface area contributed by atoms with Gasteiger partial charge in [-0.1, -0.05) is 23.7 Å². The summed E-state index contributed by atoms with van der Waals surface area (Å²) in [7, 11) is 1.59. The quantitative estimate of drug-likeness (QED) is 0.525. The van der Waals surface area contributed by atoms with E-state index >= 15 is 0 Å². The maximum atomic E-state index is 12.8. The van der Waals surface area contributed by atoms with Crippen LogP contribution in [-0.2, 0) is 4.74 Å². The Morgan fingerprint density at radius 1 is 0.968 bits per heavy atom. The highest BCUT2D eigenvalue weighted by Gasteiger charge is 2.13. The van der Waals surface area contributed by atoms with Gasteiger partial charge in [0.1, 0.15) is 5.56 Å². The summed E-state index contributed by atoms with van der Waals surface area (Å²) in [4.78, 5) is 37.5. The molecule has 0 aliphatic rings. The molecule has 0 saturated carbocycles. The fraction of sp³-hybridized carbons (Fsp3) is 0.174. The van der Waals surface area contributed by atoms with Crippen LogP contribution in [0.4, 0.5) is 5.69 Å². The molecule has 2 amide bonds. The highest BCUT2D eigenvalue weighted by atomic mass is 35.5. The van der Waals surface area contributed by atoms with Crippen LogP contribution in [0.1, 0.15) is 27.1 Å². The second-order valence-electron chi connectivity index (χ2n) is 6.68. The number of carbonyl (C=O) groups is 2. The van der Waals surface area contributed by atoms with Crippen molar-refractivity contribution >= 4 is 29.1 Å². The Kier molecular flexibility index (Phi) is 7.59. The topological polar surface area (TPSA) is 89.4 Å². The van der Waals surface area contributed by atoms with Crippen molar-refractivity contribution in [3.63, 3.8) is 0 Å². The molecule has 160 valence electrons. The van der Waals surface area contributed by atoms with Crippen molar-refractivity contribution in [1.29, 1.82) is 0 Å².